The zero-order valence-electron chi connectivity index (χ0n) is 30.4. The fourth-order valence-corrected chi connectivity index (χ4v) is 8.57. The number of nitrogens with zero attached hydrogens (tertiary/aromatic N) is 6. The second-order valence-corrected chi connectivity index (χ2v) is 17.0. The summed E-state index contributed by atoms with van der Waals surface area (Å²) in [6, 6.07) is -0.150. The maximum absolute atomic E-state index is 13.4. The molecule has 58 heavy (non-hydrogen) atoms. The van der Waals surface area contributed by atoms with E-state index in [1.165, 1.54) is 23.2 Å². The summed E-state index contributed by atoms with van der Waals surface area (Å²) in [6.45, 7) is -1.31. The van der Waals surface area contributed by atoms with Crippen molar-refractivity contribution in [3.8, 4) is 0 Å². The molecule has 1 amide bonds. The number of ether oxygens (including phenoxy) is 3. The van der Waals surface area contributed by atoms with Gasteiger partial charge >= 0.3 is 27.3 Å². The average Bonchev–Trinajstić information content (AvgIpc) is 3.97. The summed E-state index contributed by atoms with van der Waals surface area (Å²) in [6.07, 6.45) is -5.68. The number of aliphatic hydroxyl groups excluding tert-OH is 1. The molecule has 0 saturated carbocycles. The predicted molar refractivity (Wildman–Crippen MR) is 199 cm³/mol. The number of imidazole rings is 1. The summed E-state index contributed by atoms with van der Waals surface area (Å²) in [5.41, 5.74) is 17.1. The number of phosphoric acid groups is 2. The molecule has 0 spiro atoms. The first-order valence-electron chi connectivity index (χ1n) is 17.7. The second kappa shape index (κ2) is 18.7. The third-order valence-electron chi connectivity index (χ3n) is 9.22. The SMILES string of the molecule is Nc1ccn([C@H]2C[C@H](OP(=O)(O)OC[C@H]3O[C@@H](n4cnc5c(N)ncnc54)[C@H](O)[C@@H]3OC(=O)C(N)CCCCNC(=O)[C@@H]3CSCN3)[C@@H](COP(=O)(O)O)O2)c(=O)n1. The zero-order chi connectivity index (χ0) is 41.8. The highest BCUT2D eigenvalue weighted by Crippen LogP contribution is 2.50. The standard InChI is InChI=1S/C29H43N11O15P2S/c30-14(3-1-2-5-33-26(42)15-10-58-13-37-15)28(43)54-23-18(53-27(22(23)41)40-12-36-21-24(32)34-11-35-25(21)40)9-51-57(48,49)55-16-7-20(39-6-4-19(31)38-29(39)44)52-17(16)8-50-56(45,46)47/h4,6,11-12,14-18,20,22-23,27,37,41H,1-3,5,7-10,13,30H2,(H,33,42)(H,48,49)(H2,31,38,44)(H2,32,34,35)(H2,45,46,47)/t14?,15-,16-,17+,18+,20+,22+,23+,27+/m0/s1. The van der Waals surface area contributed by atoms with Crippen LogP contribution >= 0.6 is 27.4 Å². The Labute approximate surface area is 332 Å². The number of aliphatic hydroxyl groups is 1. The smallest absolute Gasteiger partial charge is 0.455 e. The average molecular weight is 880 g/mol. The number of phosphoric ester groups is 2. The van der Waals surface area contributed by atoms with Crippen LogP contribution in [0.1, 0.15) is 38.1 Å². The number of anilines is 2. The van der Waals surface area contributed by atoms with Crippen LogP contribution in [0.4, 0.5) is 11.6 Å². The third kappa shape index (κ3) is 10.9. The Morgan fingerprint density at radius 1 is 1.09 bits per heavy atom. The normalized spacial score (nSPS) is 27.7. The topological polar surface area (TPSA) is 385 Å². The summed E-state index contributed by atoms with van der Waals surface area (Å²) in [7, 11) is -10.2. The van der Waals surface area contributed by atoms with Gasteiger partial charge in [0, 0.05) is 30.8 Å². The van der Waals surface area contributed by atoms with Crippen molar-refractivity contribution in [1.29, 1.82) is 0 Å². The molecule has 0 radical (unpaired) electrons. The van der Waals surface area contributed by atoms with E-state index >= 15 is 0 Å². The molecule has 3 aliphatic rings. The molecule has 3 aliphatic heterocycles. The van der Waals surface area contributed by atoms with Gasteiger partial charge in [0.2, 0.25) is 5.91 Å². The van der Waals surface area contributed by atoms with E-state index < -0.39 is 89.5 Å². The van der Waals surface area contributed by atoms with Gasteiger partial charge in [-0.2, -0.15) is 4.98 Å². The van der Waals surface area contributed by atoms with Crippen LogP contribution in [-0.4, -0.2) is 135 Å². The largest absolute Gasteiger partial charge is 0.472 e. The van der Waals surface area contributed by atoms with Gasteiger partial charge in [-0.25, -0.2) is 28.9 Å². The molecule has 10 atom stereocenters. The molecule has 0 aromatic carbocycles. The lowest BCUT2D eigenvalue weighted by Crippen LogP contribution is -2.43. The van der Waals surface area contributed by atoms with E-state index in [1.807, 2.05) is 0 Å². The quantitative estimate of drug-likeness (QED) is 0.0365. The minimum atomic E-state index is -5.17. The minimum absolute atomic E-state index is 0.0253. The van der Waals surface area contributed by atoms with Gasteiger partial charge in [-0.3, -0.25) is 37.6 Å². The van der Waals surface area contributed by atoms with Crippen LogP contribution in [0.15, 0.2) is 29.7 Å². The molecule has 3 aromatic heterocycles. The summed E-state index contributed by atoms with van der Waals surface area (Å²) in [5, 5.41) is 17.4. The molecule has 2 unspecified atom stereocenters. The van der Waals surface area contributed by atoms with E-state index in [-0.39, 0.29) is 47.6 Å². The van der Waals surface area contributed by atoms with Crippen LogP contribution in [0, 0.1) is 0 Å². The van der Waals surface area contributed by atoms with Gasteiger partial charge in [0.1, 0.15) is 54.3 Å². The lowest BCUT2D eigenvalue weighted by Gasteiger charge is -2.24. The first-order valence-corrected chi connectivity index (χ1v) is 21.8. The van der Waals surface area contributed by atoms with E-state index in [2.05, 4.69) is 35.1 Å². The zero-order valence-corrected chi connectivity index (χ0v) is 33.0. The molecule has 3 saturated heterocycles. The summed E-state index contributed by atoms with van der Waals surface area (Å²) >= 11 is 1.62. The van der Waals surface area contributed by atoms with Gasteiger partial charge in [0.15, 0.2) is 23.8 Å². The van der Waals surface area contributed by atoms with Crippen LogP contribution in [0.3, 0.4) is 0 Å². The highest BCUT2D eigenvalue weighted by atomic mass is 32.2. The van der Waals surface area contributed by atoms with Crippen LogP contribution in [0.2, 0.25) is 0 Å². The van der Waals surface area contributed by atoms with Crippen LogP contribution in [0.5, 0.6) is 0 Å². The van der Waals surface area contributed by atoms with Crippen molar-refractivity contribution in [2.75, 3.05) is 42.9 Å². The summed E-state index contributed by atoms with van der Waals surface area (Å²) < 4.78 is 59.6. The van der Waals surface area contributed by atoms with E-state index in [4.69, 9.17) is 40.5 Å². The number of hydrogen-bond donors (Lipinski definition) is 9. The third-order valence-corrected chi connectivity index (χ3v) is 11.7. The maximum atomic E-state index is 13.4. The van der Waals surface area contributed by atoms with Crippen molar-refractivity contribution in [2.24, 2.45) is 5.73 Å². The van der Waals surface area contributed by atoms with Crippen LogP contribution in [-0.2, 0) is 46.5 Å². The van der Waals surface area contributed by atoms with E-state index in [9.17, 15) is 43.3 Å². The Hall–Kier alpha value is -3.66. The molecule has 3 aromatic rings. The maximum Gasteiger partial charge on any atom is 0.472 e. The molecule has 26 nitrogen and oxygen atoms in total. The van der Waals surface area contributed by atoms with Gasteiger partial charge in [-0.1, -0.05) is 0 Å². The number of esters is 1. The molecular weight excluding hydrogens is 836 g/mol. The molecule has 6 heterocycles. The van der Waals surface area contributed by atoms with E-state index in [1.54, 1.807) is 11.8 Å². The van der Waals surface area contributed by atoms with Crippen molar-refractivity contribution in [3.63, 3.8) is 0 Å². The number of unbranched alkanes of at least 4 members (excludes halogenated alkanes) is 1. The van der Waals surface area contributed by atoms with Gasteiger partial charge < -0.3 is 56.5 Å². The molecule has 320 valence electrons. The summed E-state index contributed by atoms with van der Waals surface area (Å²) in [5.74, 6) is 0.248. The summed E-state index contributed by atoms with van der Waals surface area (Å²) in [4.78, 5) is 83.1. The second-order valence-electron chi connectivity index (χ2n) is 13.3. The minimum Gasteiger partial charge on any atom is -0.455 e. The number of carbonyl (C=O) groups is 2. The van der Waals surface area contributed by atoms with Gasteiger partial charge in [-0.05, 0) is 25.3 Å². The molecule has 0 bridgehead atoms. The molecule has 0 aliphatic carbocycles. The van der Waals surface area contributed by atoms with E-state index in [0.717, 1.165) is 10.9 Å². The van der Waals surface area contributed by atoms with Gasteiger partial charge in [-0.15, -0.1) is 11.8 Å². The number of nitrogens with one attached hydrogen (secondary N) is 2. The number of nitrogen functional groups attached to an aromatic ring is 2. The fraction of sp³-hybridized carbons (Fsp3) is 0.621. The number of rotatable bonds is 18. The highest BCUT2D eigenvalue weighted by molar-refractivity contribution is 7.99. The lowest BCUT2D eigenvalue weighted by molar-refractivity contribution is -0.158. The van der Waals surface area contributed by atoms with Crippen molar-refractivity contribution in [1.82, 2.24) is 39.7 Å². The molecular formula is C29H43N11O15P2S. The van der Waals surface area contributed by atoms with Crippen molar-refractivity contribution < 1.29 is 66.3 Å². The lowest BCUT2D eigenvalue weighted by atomic mass is 10.1. The van der Waals surface area contributed by atoms with Crippen LogP contribution < -0.4 is 33.5 Å². The number of hydrogen-bond acceptors (Lipinski definition) is 21. The number of nitrogens with two attached hydrogens (primary N) is 3. The first kappa shape index (κ1) is 43.9. The molecule has 3 fully saturated rings. The number of carbonyl (C=O) groups excluding carboxylic acids is 2. The first-order chi connectivity index (χ1) is 27.5. The number of fused-ring (bicyclic) bond motifs is 1. The van der Waals surface area contributed by atoms with Crippen LogP contribution in [0.25, 0.3) is 11.2 Å². The molecule has 12 N–H and O–H groups in total. The predicted octanol–water partition coefficient (Wildman–Crippen LogP) is -2.41. The van der Waals surface area contributed by atoms with Crippen molar-refractivity contribution in [3.05, 3.63) is 35.4 Å². The Morgan fingerprint density at radius 2 is 1.86 bits per heavy atom. The Balaban J connectivity index is 1.12. The van der Waals surface area contributed by atoms with Crippen molar-refractivity contribution >= 4 is 62.1 Å². The Kier molecular flexibility index (Phi) is 14.2. The van der Waals surface area contributed by atoms with Gasteiger partial charge in [0.05, 0.1) is 25.6 Å². The van der Waals surface area contributed by atoms with Gasteiger partial charge in [0.25, 0.3) is 0 Å². The highest BCUT2D eigenvalue weighted by Gasteiger charge is 2.50. The number of amides is 1. The van der Waals surface area contributed by atoms with Crippen molar-refractivity contribution in [2.45, 2.75) is 80.7 Å². The van der Waals surface area contributed by atoms with E-state index in [0.29, 0.717) is 31.0 Å². The fourth-order valence-electron chi connectivity index (χ4n) is 6.33. The monoisotopic (exact) mass is 879 g/mol. The number of aromatic nitrogens is 6. The molecule has 6 rings (SSSR count). The Bertz CT molecular complexity index is 2090. The number of thioether (sulfide) groups is 1. The molecule has 29 heteroatoms. The Morgan fingerprint density at radius 3 is 2.59 bits per heavy atom.